The summed E-state index contributed by atoms with van der Waals surface area (Å²) in [6.45, 7) is 0. The van der Waals surface area contributed by atoms with Crippen LogP contribution in [0.1, 0.15) is 51.4 Å². The molecule has 3 unspecified atom stereocenters. The molecule has 3 aliphatic carbocycles. The smallest absolute Gasteiger partial charge is 0.319 e. The van der Waals surface area contributed by atoms with E-state index in [-0.39, 0.29) is 17.9 Å². The second kappa shape index (κ2) is 5.56. The molecule has 1 amide bonds. The van der Waals surface area contributed by atoms with Gasteiger partial charge in [-0.1, -0.05) is 12.8 Å². The van der Waals surface area contributed by atoms with Crippen LogP contribution in [0, 0.1) is 23.2 Å². The molecule has 0 aliphatic heterocycles. The van der Waals surface area contributed by atoms with E-state index in [2.05, 4.69) is 5.32 Å². The van der Waals surface area contributed by atoms with Crippen molar-refractivity contribution in [2.24, 2.45) is 23.2 Å². The van der Waals surface area contributed by atoms with Gasteiger partial charge in [-0.2, -0.15) is 0 Å². The number of hydrogen-bond acceptors (Lipinski definition) is 3. The minimum absolute atomic E-state index is 0.0612. The highest BCUT2D eigenvalue weighted by atomic mass is 16.4. The van der Waals surface area contributed by atoms with E-state index >= 15 is 0 Å². The average molecular weight is 309 g/mol. The van der Waals surface area contributed by atoms with Crippen LogP contribution in [0.5, 0.6) is 0 Å². The lowest BCUT2D eigenvalue weighted by atomic mass is 9.72. The van der Waals surface area contributed by atoms with Crippen LogP contribution in [0.4, 0.5) is 0 Å². The second-order valence-electron chi connectivity index (χ2n) is 7.23. The topological polar surface area (TPSA) is 104 Å². The van der Waals surface area contributed by atoms with Crippen molar-refractivity contribution in [2.75, 3.05) is 0 Å². The minimum Gasteiger partial charge on any atom is -0.481 e. The first kappa shape index (κ1) is 15.3. The van der Waals surface area contributed by atoms with Gasteiger partial charge >= 0.3 is 11.9 Å². The maximum absolute atomic E-state index is 12.7. The Hall–Kier alpha value is -1.59. The maximum atomic E-state index is 12.7. The van der Waals surface area contributed by atoms with Crippen LogP contribution in [0.2, 0.25) is 0 Å². The molecule has 6 nitrogen and oxygen atoms in total. The first-order valence-corrected chi connectivity index (χ1v) is 8.20. The lowest BCUT2D eigenvalue weighted by Crippen LogP contribution is -2.53. The summed E-state index contributed by atoms with van der Waals surface area (Å²) < 4.78 is 0. The van der Waals surface area contributed by atoms with E-state index in [1.54, 1.807) is 0 Å². The van der Waals surface area contributed by atoms with Gasteiger partial charge in [0.1, 0.15) is 5.41 Å². The van der Waals surface area contributed by atoms with E-state index in [4.69, 9.17) is 5.11 Å². The molecule has 2 bridgehead atoms. The molecule has 22 heavy (non-hydrogen) atoms. The molecule has 0 spiro atoms. The largest absolute Gasteiger partial charge is 0.481 e. The highest BCUT2D eigenvalue weighted by Crippen LogP contribution is 2.56. The van der Waals surface area contributed by atoms with Crippen LogP contribution in [0.15, 0.2) is 0 Å². The lowest BCUT2D eigenvalue weighted by molar-refractivity contribution is -0.160. The Morgan fingerprint density at radius 3 is 2.32 bits per heavy atom. The van der Waals surface area contributed by atoms with E-state index in [9.17, 15) is 19.5 Å². The molecular weight excluding hydrogens is 286 g/mol. The number of nitrogens with one attached hydrogen (secondary N) is 1. The fourth-order valence-electron chi connectivity index (χ4n) is 4.83. The number of carbonyl (C=O) groups excluding carboxylic acids is 1. The first-order valence-electron chi connectivity index (χ1n) is 8.20. The van der Waals surface area contributed by atoms with Crippen molar-refractivity contribution in [3.05, 3.63) is 0 Å². The summed E-state index contributed by atoms with van der Waals surface area (Å²) in [6, 6.07) is -0.210. The molecule has 3 saturated carbocycles. The summed E-state index contributed by atoms with van der Waals surface area (Å²) in [6.07, 6.45) is 5.65. The minimum atomic E-state index is -1.28. The van der Waals surface area contributed by atoms with Crippen molar-refractivity contribution in [1.82, 2.24) is 5.32 Å². The van der Waals surface area contributed by atoms with Gasteiger partial charge in [-0.3, -0.25) is 14.4 Å². The van der Waals surface area contributed by atoms with Crippen molar-refractivity contribution in [1.29, 1.82) is 0 Å². The Labute approximate surface area is 129 Å². The number of fused-ring (bicyclic) bond motifs is 2. The van der Waals surface area contributed by atoms with Gasteiger partial charge in [0.15, 0.2) is 0 Å². The molecule has 5 atom stereocenters. The van der Waals surface area contributed by atoms with Gasteiger partial charge in [-0.25, -0.2) is 0 Å². The highest BCUT2D eigenvalue weighted by Gasteiger charge is 2.60. The van der Waals surface area contributed by atoms with Gasteiger partial charge in [-0.05, 0) is 50.4 Å². The molecular formula is C16H23NO5. The summed E-state index contributed by atoms with van der Waals surface area (Å²) >= 11 is 0. The van der Waals surface area contributed by atoms with E-state index in [0.29, 0.717) is 25.2 Å². The molecule has 122 valence electrons. The zero-order chi connectivity index (χ0) is 15.9. The Morgan fingerprint density at radius 1 is 1.00 bits per heavy atom. The number of carbonyl (C=O) groups is 3. The molecule has 3 rings (SSSR count). The van der Waals surface area contributed by atoms with E-state index in [0.717, 1.165) is 32.1 Å². The van der Waals surface area contributed by atoms with Gasteiger partial charge in [0.2, 0.25) is 5.91 Å². The molecule has 0 saturated heterocycles. The lowest BCUT2D eigenvalue weighted by Gasteiger charge is -2.35. The number of carboxylic acids is 2. The summed E-state index contributed by atoms with van der Waals surface area (Å²) in [5, 5.41) is 21.7. The molecule has 3 N–H and O–H groups in total. The molecule has 3 aliphatic rings. The number of rotatable bonds is 4. The van der Waals surface area contributed by atoms with Crippen LogP contribution in [-0.2, 0) is 14.4 Å². The summed E-state index contributed by atoms with van der Waals surface area (Å²) in [5.74, 6) is -2.36. The fourth-order valence-corrected chi connectivity index (χ4v) is 4.83. The number of carboxylic acid groups (broad SMARTS) is 2. The summed E-state index contributed by atoms with van der Waals surface area (Å²) in [4.78, 5) is 35.6. The van der Waals surface area contributed by atoms with Crippen molar-refractivity contribution in [3.8, 4) is 0 Å². The average Bonchev–Trinajstić information content (AvgIpc) is 3.08. The summed E-state index contributed by atoms with van der Waals surface area (Å²) in [7, 11) is 0. The predicted molar refractivity (Wildman–Crippen MR) is 77.0 cm³/mol. The Kier molecular flexibility index (Phi) is 3.87. The van der Waals surface area contributed by atoms with Crippen molar-refractivity contribution < 1.29 is 24.6 Å². The monoisotopic (exact) mass is 309 g/mol. The Morgan fingerprint density at radius 2 is 1.77 bits per heavy atom. The third-order valence-corrected chi connectivity index (χ3v) is 5.99. The molecule has 0 aromatic rings. The van der Waals surface area contributed by atoms with Gasteiger partial charge in [0.25, 0.3) is 0 Å². The predicted octanol–water partition coefficient (Wildman–Crippen LogP) is 1.64. The van der Waals surface area contributed by atoms with Crippen LogP contribution in [-0.4, -0.2) is 34.1 Å². The molecule has 0 radical (unpaired) electrons. The Balaban J connectivity index is 1.70. The quantitative estimate of drug-likeness (QED) is 0.685. The normalized spacial score (nSPS) is 40.4. The summed E-state index contributed by atoms with van der Waals surface area (Å²) in [5.41, 5.74) is -1.28. The molecule has 6 heteroatoms. The maximum Gasteiger partial charge on any atom is 0.319 e. The van der Waals surface area contributed by atoms with Crippen molar-refractivity contribution in [2.45, 2.75) is 57.4 Å². The number of aliphatic carboxylic acids is 2. The van der Waals surface area contributed by atoms with Crippen LogP contribution in [0.3, 0.4) is 0 Å². The van der Waals surface area contributed by atoms with Gasteiger partial charge < -0.3 is 15.5 Å². The molecule has 0 aromatic carbocycles. The van der Waals surface area contributed by atoms with Crippen LogP contribution in [0.25, 0.3) is 0 Å². The van der Waals surface area contributed by atoms with Crippen LogP contribution < -0.4 is 5.32 Å². The fraction of sp³-hybridized carbons (Fsp3) is 0.812. The third-order valence-electron chi connectivity index (χ3n) is 5.99. The standard InChI is InChI=1S/C16H23NO5/c18-13(19)10-2-1-3-12(7-10)17-14(20)16(15(21)22)8-9-4-5-11(16)6-9/h9-12H,1-8H2,(H,17,20)(H,18,19)(H,21,22)/t9?,10-,11?,12+,16?/m1/s1. The molecule has 3 fully saturated rings. The van der Waals surface area contributed by atoms with Crippen LogP contribution >= 0.6 is 0 Å². The van der Waals surface area contributed by atoms with Gasteiger partial charge in [0, 0.05) is 6.04 Å². The van der Waals surface area contributed by atoms with Crippen molar-refractivity contribution >= 4 is 17.8 Å². The molecule has 0 aromatic heterocycles. The number of amides is 1. The van der Waals surface area contributed by atoms with E-state index in [1.165, 1.54) is 0 Å². The van der Waals surface area contributed by atoms with Crippen molar-refractivity contribution in [3.63, 3.8) is 0 Å². The first-order chi connectivity index (χ1) is 10.4. The highest BCUT2D eigenvalue weighted by molar-refractivity contribution is 6.03. The zero-order valence-corrected chi connectivity index (χ0v) is 12.6. The zero-order valence-electron chi connectivity index (χ0n) is 12.6. The third kappa shape index (κ3) is 2.38. The second-order valence-corrected chi connectivity index (χ2v) is 7.23. The van der Waals surface area contributed by atoms with E-state index < -0.39 is 23.3 Å². The Bertz CT molecular complexity index is 505. The van der Waals surface area contributed by atoms with E-state index in [1.807, 2.05) is 0 Å². The van der Waals surface area contributed by atoms with Gasteiger partial charge in [-0.15, -0.1) is 0 Å². The molecule has 0 heterocycles. The van der Waals surface area contributed by atoms with Gasteiger partial charge in [0.05, 0.1) is 5.92 Å². The number of hydrogen-bond donors (Lipinski definition) is 3. The SMILES string of the molecule is O=C(O)[C@@H]1CCC[C@H](NC(=O)C2(C(=O)O)CC3CCC2C3)C1.